The fourth-order valence-electron chi connectivity index (χ4n) is 1.98. The molecule has 0 unspecified atom stereocenters. The Bertz CT molecular complexity index is 651. The number of aliphatic hydroxyl groups excluding tert-OH is 1. The maximum Gasteiger partial charge on any atom is 0.308 e. The van der Waals surface area contributed by atoms with Crippen LogP contribution < -0.4 is 4.74 Å². The number of carbonyl (C=O) groups excluding carboxylic acids is 1. The van der Waals surface area contributed by atoms with Crippen LogP contribution in [0.5, 0.6) is 11.5 Å². The van der Waals surface area contributed by atoms with E-state index in [0.29, 0.717) is 33.7 Å². The summed E-state index contributed by atoms with van der Waals surface area (Å²) in [6.07, 6.45) is -0.999. The van der Waals surface area contributed by atoms with Gasteiger partial charge in [0, 0.05) is 10.0 Å². The summed E-state index contributed by atoms with van der Waals surface area (Å²) in [7, 11) is 0. The lowest BCUT2D eigenvalue weighted by molar-refractivity contribution is -0.145. The third kappa shape index (κ3) is 5.43. The van der Waals surface area contributed by atoms with Crippen LogP contribution in [0.2, 0.25) is 10.0 Å². The summed E-state index contributed by atoms with van der Waals surface area (Å²) in [5.41, 5.74) is 0.606. The molecule has 0 saturated carbocycles. The van der Waals surface area contributed by atoms with Gasteiger partial charge in [-0.3, -0.25) is 4.79 Å². The number of carbonyl (C=O) groups is 1. The van der Waals surface area contributed by atoms with Crippen LogP contribution in [-0.4, -0.2) is 17.7 Å². The van der Waals surface area contributed by atoms with Gasteiger partial charge < -0.3 is 14.6 Å². The topological polar surface area (TPSA) is 55.8 Å². The first-order chi connectivity index (χ1) is 11.0. The Morgan fingerprint density at radius 1 is 1.09 bits per heavy atom. The molecule has 4 nitrogen and oxygen atoms in total. The Balaban J connectivity index is 2.02. The number of ether oxygens (including phenoxy) is 2. The van der Waals surface area contributed by atoms with E-state index in [1.165, 1.54) is 0 Å². The molecule has 0 saturated heterocycles. The van der Waals surface area contributed by atoms with Gasteiger partial charge in [0.2, 0.25) is 0 Å². The minimum Gasteiger partial charge on any atom is -0.466 e. The van der Waals surface area contributed by atoms with Gasteiger partial charge in [0.25, 0.3) is 0 Å². The fourth-order valence-corrected chi connectivity index (χ4v) is 2.48. The van der Waals surface area contributed by atoms with Gasteiger partial charge in [-0.2, -0.15) is 0 Å². The van der Waals surface area contributed by atoms with Crippen LogP contribution in [0.15, 0.2) is 42.5 Å². The van der Waals surface area contributed by atoms with Gasteiger partial charge in [-0.1, -0.05) is 35.3 Å². The Morgan fingerprint density at radius 3 is 2.26 bits per heavy atom. The highest BCUT2D eigenvalue weighted by Crippen LogP contribution is 2.29. The van der Waals surface area contributed by atoms with Gasteiger partial charge in [0.05, 0.1) is 19.1 Å². The molecule has 0 aliphatic rings. The van der Waals surface area contributed by atoms with Gasteiger partial charge in [-0.05, 0) is 42.8 Å². The van der Waals surface area contributed by atoms with Gasteiger partial charge in [-0.25, -0.2) is 0 Å². The number of esters is 1. The number of aliphatic hydroxyl groups is 1. The number of halogens is 2. The summed E-state index contributed by atoms with van der Waals surface area (Å²) < 4.78 is 10.5. The molecule has 0 bridgehead atoms. The van der Waals surface area contributed by atoms with Crippen LogP contribution in [0.25, 0.3) is 0 Å². The molecule has 0 heterocycles. The summed E-state index contributed by atoms with van der Waals surface area (Å²) in [5.74, 6) is 0.645. The van der Waals surface area contributed by atoms with Crippen molar-refractivity contribution in [1.29, 1.82) is 0 Å². The predicted molar refractivity (Wildman–Crippen MR) is 89.2 cm³/mol. The Kier molecular flexibility index (Phi) is 6.28. The first-order valence-corrected chi connectivity index (χ1v) is 7.81. The number of hydrogen-bond acceptors (Lipinski definition) is 4. The molecule has 0 radical (unpaired) electrons. The summed E-state index contributed by atoms with van der Waals surface area (Å²) in [4.78, 5) is 11.4. The first kappa shape index (κ1) is 17.6. The average Bonchev–Trinajstić information content (AvgIpc) is 2.47. The van der Waals surface area contributed by atoms with Gasteiger partial charge in [0.15, 0.2) is 0 Å². The Hall–Kier alpha value is -1.75. The van der Waals surface area contributed by atoms with E-state index in [1.54, 1.807) is 49.4 Å². The van der Waals surface area contributed by atoms with E-state index in [-0.39, 0.29) is 6.42 Å². The van der Waals surface area contributed by atoms with Crippen LogP contribution in [0.4, 0.5) is 0 Å². The molecule has 122 valence electrons. The molecule has 23 heavy (non-hydrogen) atoms. The van der Waals surface area contributed by atoms with Gasteiger partial charge in [0.1, 0.15) is 11.5 Å². The van der Waals surface area contributed by atoms with Crippen molar-refractivity contribution in [3.05, 3.63) is 58.1 Å². The summed E-state index contributed by atoms with van der Waals surface area (Å²) in [6, 6.07) is 11.7. The minimum absolute atomic E-state index is 0.0854. The van der Waals surface area contributed by atoms with Crippen molar-refractivity contribution < 1.29 is 19.4 Å². The van der Waals surface area contributed by atoms with E-state index in [1.807, 2.05) is 0 Å². The van der Waals surface area contributed by atoms with Crippen molar-refractivity contribution >= 4 is 29.2 Å². The quantitative estimate of drug-likeness (QED) is 0.759. The Morgan fingerprint density at radius 2 is 1.70 bits per heavy atom. The SMILES string of the molecule is CCOC(=O)C[C@@H](O)c1ccc(Oc2cc(Cl)cc(Cl)c2)cc1. The van der Waals surface area contributed by atoms with Gasteiger partial charge >= 0.3 is 5.97 Å². The maximum absolute atomic E-state index is 11.4. The van der Waals surface area contributed by atoms with Crippen molar-refractivity contribution in [3.8, 4) is 11.5 Å². The molecular weight excluding hydrogens is 339 g/mol. The third-order valence-electron chi connectivity index (χ3n) is 3.00. The van der Waals surface area contributed by atoms with Crippen LogP contribution >= 0.6 is 23.2 Å². The van der Waals surface area contributed by atoms with Crippen LogP contribution in [0, 0.1) is 0 Å². The second kappa shape index (κ2) is 8.20. The highest BCUT2D eigenvalue weighted by atomic mass is 35.5. The molecule has 0 fully saturated rings. The minimum atomic E-state index is -0.913. The highest BCUT2D eigenvalue weighted by Gasteiger charge is 2.14. The van der Waals surface area contributed by atoms with Crippen molar-refractivity contribution in [2.24, 2.45) is 0 Å². The molecule has 0 aromatic heterocycles. The molecule has 0 aliphatic carbocycles. The lowest BCUT2D eigenvalue weighted by Gasteiger charge is -2.12. The smallest absolute Gasteiger partial charge is 0.308 e. The second-order valence-corrected chi connectivity index (χ2v) is 5.67. The van der Waals surface area contributed by atoms with Crippen molar-refractivity contribution in [2.45, 2.75) is 19.4 Å². The Labute approximate surface area is 144 Å². The predicted octanol–water partition coefficient (Wildman–Crippen LogP) is 4.77. The van der Waals surface area contributed by atoms with Crippen LogP contribution in [0.3, 0.4) is 0 Å². The molecule has 2 aromatic rings. The molecule has 2 rings (SSSR count). The maximum atomic E-state index is 11.4. The fraction of sp³-hybridized carbons (Fsp3) is 0.235. The standard InChI is InChI=1S/C17H16Cl2O4/c1-2-22-17(21)10-16(20)11-3-5-14(6-4-11)23-15-8-12(18)7-13(19)9-15/h3-9,16,20H,2,10H2,1H3/t16-/m1/s1. The monoisotopic (exact) mass is 354 g/mol. The van der Waals surface area contributed by atoms with E-state index in [4.69, 9.17) is 32.7 Å². The van der Waals surface area contributed by atoms with Crippen molar-refractivity contribution in [1.82, 2.24) is 0 Å². The molecule has 0 spiro atoms. The van der Waals surface area contributed by atoms with Crippen LogP contribution in [-0.2, 0) is 9.53 Å². The number of hydrogen-bond donors (Lipinski definition) is 1. The van der Waals surface area contributed by atoms with E-state index >= 15 is 0 Å². The average molecular weight is 355 g/mol. The van der Waals surface area contributed by atoms with Gasteiger partial charge in [-0.15, -0.1) is 0 Å². The summed E-state index contributed by atoms with van der Waals surface area (Å²) >= 11 is 11.8. The normalized spacial score (nSPS) is 11.8. The zero-order valence-corrected chi connectivity index (χ0v) is 14.0. The van der Waals surface area contributed by atoms with E-state index in [2.05, 4.69) is 0 Å². The van der Waals surface area contributed by atoms with Crippen LogP contribution in [0.1, 0.15) is 25.0 Å². The van der Waals surface area contributed by atoms with E-state index < -0.39 is 12.1 Å². The lowest BCUT2D eigenvalue weighted by atomic mass is 10.1. The molecular formula is C17H16Cl2O4. The molecule has 2 aromatic carbocycles. The molecule has 1 atom stereocenters. The third-order valence-corrected chi connectivity index (χ3v) is 3.44. The van der Waals surface area contributed by atoms with E-state index in [0.717, 1.165) is 0 Å². The number of rotatable bonds is 6. The van der Waals surface area contributed by atoms with Crippen molar-refractivity contribution in [3.63, 3.8) is 0 Å². The molecule has 6 heteroatoms. The lowest BCUT2D eigenvalue weighted by Crippen LogP contribution is -2.09. The highest BCUT2D eigenvalue weighted by molar-refractivity contribution is 6.34. The summed E-state index contributed by atoms with van der Waals surface area (Å²) in [6.45, 7) is 2.01. The second-order valence-electron chi connectivity index (χ2n) is 4.80. The van der Waals surface area contributed by atoms with Crippen molar-refractivity contribution in [2.75, 3.05) is 6.61 Å². The number of benzene rings is 2. The largest absolute Gasteiger partial charge is 0.466 e. The zero-order chi connectivity index (χ0) is 16.8. The molecule has 0 aliphatic heterocycles. The molecule has 1 N–H and O–H groups in total. The molecule has 0 amide bonds. The zero-order valence-electron chi connectivity index (χ0n) is 12.5. The summed E-state index contributed by atoms with van der Waals surface area (Å²) in [5, 5.41) is 11.0. The first-order valence-electron chi connectivity index (χ1n) is 7.05. The van der Waals surface area contributed by atoms with E-state index in [9.17, 15) is 9.90 Å².